The lowest BCUT2D eigenvalue weighted by Gasteiger charge is -2.15. The molecule has 2 aromatic heterocycles. The molecule has 0 aliphatic heterocycles. The van der Waals surface area contributed by atoms with Crippen molar-refractivity contribution in [1.29, 1.82) is 0 Å². The second-order valence-electron chi connectivity index (χ2n) is 7.22. The Morgan fingerprint density at radius 2 is 2.00 bits per heavy atom. The SMILES string of the molecule is CC(Sc1nnc(C2CC2)n1C1CC1)C(=O)Nc1ccnn1C(C)C. The van der Waals surface area contributed by atoms with Gasteiger partial charge in [-0.15, -0.1) is 10.2 Å². The first-order valence-electron chi connectivity index (χ1n) is 9.00. The van der Waals surface area contributed by atoms with Gasteiger partial charge in [0.15, 0.2) is 5.16 Å². The van der Waals surface area contributed by atoms with Gasteiger partial charge in [0.25, 0.3) is 0 Å². The highest BCUT2D eigenvalue weighted by molar-refractivity contribution is 8.00. The first-order chi connectivity index (χ1) is 12.0. The molecule has 0 spiro atoms. The quantitative estimate of drug-likeness (QED) is 0.766. The highest BCUT2D eigenvalue weighted by atomic mass is 32.2. The average molecular weight is 360 g/mol. The van der Waals surface area contributed by atoms with Gasteiger partial charge < -0.3 is 9.88 Å². The van der Waals surface area contributed by atoms with Crippen LogP contribution >= 0.6 is 11.8 Å². The van der Waals surface area contributed by atoms with Crippen molar-refractivity contribution < 1.29 is 4.79 Å². The maximum atomic E-state index is 12.6. The summed E-state index contributed by atoms with van der Waals surface area (Å²) < 4.78 is 4.09. The molecule has 2 aliphatic rings. The molecule has 2 aliphatic carbocycles. The van der Waals surface area contributed by atoms with Crippen molar-refractivity contribution in [3.8, 4) is 0 Å². The largest absolute Gasteiger partial charge is 0.310 e. The molecule has 0 saturated heterocycles. The molecule has 1 N–H and O–H groups in total. The Kier molecular flexibility index (Phi) is 4.31. The first kappa shape index (κ1) is 16.6. The van der Waals surface area contributed by atoms with E-state index in [1.165, 1.54) is 37.4 Å². The van der Waals surface area contributed by atoms with Crippen molar-refractivity contribution >= 4 is 23.5 Å². The van der Waals surface area contributed by atoms with Gasteiger partial charge in [0.1, 0.15) is 11.6 Å². The van der Waals surface area contributed by atoms with Crippen molar-refractivity contribution in [2.45, 2.75) is 74.9 Å². The lowest BCUT2D eigenvalue weighted by Crippen LogP contribution is -2.25. The zero-order chi connectivity index (χ0) is 17.6. The van der Waals surface area contributed by atoms with Crippen molar-refractivity contribution in [2.24, 2.45) is 0 Å². The van der Waals surface area contributed by atoms with Crippen LogP contribution in [0.1, 0.15) is 70.3 Å². The number of carbonyl (C=O) groups is 1. The molecule has 2 saturated carbocycles. The highest BCUT2D eigenvalue weighted by Gasteiger charge is 2.37. The average Bonchev–Trinajstić information content (AvgIpc) is 3.50. The molecule has 0 radical (unpaired) electrons. The summed E-state index contributed by atoms with van der Waals surface area (Å²) in [6, 6.07) is 2.56. The summed E-state index contributed by atoms with van der Waals surface area (Å²) in [6.45, 7) is 6.00. The lowest BCUT2D eigenvalue weighted by atomic mass is 10.4. The van der Waals surface area contributed by atoms with E-state index in [-0.39, 0.29) is 17.2 Å². The van der Waals surface area contributed by atoms with Crippen LogP contribution in [0.5, 0.6) is 0 Å². The van der Waals surface area contributed by atoms with Gasteiger partial charge in [-0.2, -0.15) is 5.10 Å². The minimum Gasteiger partial charge on any atom is -0.310 e. The maximum absolute atomic E-state index is 12.6. The van der Waals surface area contributed by atoms with Crippen LogP contribution in [0, 0.1) is 0 Å². The summed E-state index contributed by atoms with van der Waals surface area (Å²) in [7, 11) is 0. The van der Waals surface area contributed by atoms with Crippen molar-refractivity contribution in [3.05, 3.63) is 18.1 Å². The van der Waals surface area contributed by atoms with E-state index in [0.717, 1.165) is 16.8 Å². The Morgan fingerprint density at radius 3 is 2.64 bits per heavy atom. The van der Waals surface area contributed by atoms with Crippen LogP contribution < -0.4 is 5.32 Å². The van der Waals surface area contributed by atoms with E-state index in [0.29, 0.717) is 12.0 Å². The number of aromatic nitrogens is 5. The molecule has 0 aromatic carbocycles. The minimum atomic E-state index is -0.246. The number of rotatable bonds is 7. The molecule has 8 heteroatoms. The third-order valence-electron chi connectivity index (χ3n) is 4.61. The number of hydrogen-bond donors (Lipinski definition) is 1. The van der Waals surface area contributed by atoms with E-state index in [9.17, 15) is 4.79 Å². The van der Waals surface area contributed by atoms with E-state index in [1.807, 2.05) is 31.5 Å². The fourth-order valence-corrected chi connectivity index (χ4v) is 3.86. The van der Waals surface area contributed by atoms with Gasteiger partial charge in [-0.1, -0.05) is 11.8 Å². The van der Waals surface area contributed by atoms with Crippen LogP contribution in [-0.4, -0.2) is 35.7 Å². The molecule has 7 nitrogen and oxygen atoms in total. The molecular formula is C17H24N6OS. The molecule has 0 bridgehead atoms. The van der Waals surface area contributed by atoms with E-state index in [4.69, 9.17) is 0 Å². The molecule has 1 amide bonds. The Bertz CT molecular complexity index is 774. The normalized spacial score (nSPS) is 18.6. The van der Waals surface area contributed by atoms with Gasteiger partial charge in [-0.05, 0) is 46.5 Å². The van der Waals surface area contributed by atoms with Crippen molar-refractivity contribution in [2.75, 3.05) is 5.32 Å². The number of amides is 1. The molecule has 4 rings (SSSR count). The summed E-state index contributed by atoms with van der Waals surface area (Å²) >= 11 is 1.50. The zero-order valence-electron chi connectivity index (χ0n) is 14.8. The second kappa shape index (κ2) is 6.48. The fourth-order valence-electron chi connectivity index (χ4n) is 2.93. The van der Waals surface area contributed by atoms with Gasteiger partial charge >= 0.3 is 0 Å². The Labute approximate surface area is 151 Å². The van der Waals surface area contributed by atoms with Crippen LogP contribution in [0.4, 0.5) is 5.82 Å². The summed E-state index contributed by atoms with van der Waals surface area (Å²) in [4.78, 5) is 12.6. The summed E-state index contributed by atoms with van der Waals surface area (Å²) in [5.41, 5.74) is 0. The second-order valence-corrected chi connectivity index (χ2v) is 8.53. The van der Waals surface area contributed by atoms with Gasteiger partial charge in [0, 0.05) is 24.1 Å². The highest BCUT2D eigenvalue weighted by Crippen LogP contribution is 2.46. The Morgan fingerprint density at radius 1 is 1.24 bits per heavy atom. The Balaban J connectivity index is 1.46. The first-order valence-corrected chi connectivity index (χ1v) is 9.88. The van der Waals surface area contributed by atoms with Crippen LogP contribution in [0.15, 0.2) is 17.4 Å². The van der Waals surface area contributed by atoms with Crippen molar-refractivity contribution in [1.82, 2.24) is 24.5 Å². The van der Waals surface area contributed by atoms with Gasteiger partial charge in [0.2, 0.25) is 5.91 Å². The number of hydrogen-bond acceptors (Lipinski definition) is 5. The fraction of sp³-hybridized carbons (Fsp3) is 0.647. The van der Waals surface area contributed by atoms with Gasteiger partial charge in [0.05, 0.1) is 11.4 Å². The molecule has 2 heterocycles. The molecule has 2 fully saturated rings. The maximum Gasteiger partial charge on any atom is 0.238 e. The predicted molar refractivity (Wildman–Crippen MR) is 96.8 cm³/mol. The van der Waals surface area contributed by atoms with Crippen LogP contribution in [-0.2, 0) is 4.79 Å². The van der Waals surface area contributed by atoms with Crippen LogP contribution in [0.2, 0.25) is 0 Å². The number of nitrogens with one attached hydrogen (secondary N) is 1. The zero-order valence-corrected chi connectivity index (χ0v) is 15.7. The predicted octanol–water partition coefficient (Wildman–Crippen LogP) is 3.39. The van der Waals surface area contributed by atoms with E-state index in [2.05, 4.69) is 25.2 Å². The molecule has 134 valence electrons. The molecule has 25 heavy (non-hydrogen) atoms. The summed E-state index contributed by atoms with van der Waals surface area (Å²) in [6.07, 6.45) is 6.52. The smallest absolute Gasteiger partial charge is 0.238 e. The van der Waals surface area contributed by atoms with Crippen LogP contribution in [0.3, 0.4) is 0 Å². The lowest BCUT2D eigenvalue weighted by molar-refractivity contribution is -0.115. The summed E-state index contributed by atoms with van der Waals surface area (Å²) in [5.74, 6) is 2.39. The van der Waals surface area contributed by atoms with Gasteiger partial charge in [-0.25, -0.2) is 4.68 Å². The molecule has 1 atom stereocenters. The monoisotopic (exact) mass is 360 g/mol. The minimum absolute atomic E-state index is 0.0364. The third-order valence-corrected chi connectivity index (χ3v) is 5.66. The Hall–Kier alpha value is -1.83. The molecule has 2 aromatic rings. The molecule has 1 unspecified atom stereocenters. The van der Waals surface area contributed by atoms with Crippen molar-refractivity contribution in [3.63, 3.8) is 0 Å². The van der Waals surface area contributed by atoms with E-state index in [1.54, 1.807) is 6.20 Å². The number of nitrogens with zero attached hydrogens (tertiary/aromatic N) is 5. The standard InChI is InChI=1S/C17H24N6OS/c1-10(2)23-14(8-9-18-23)19-16(24)11(3)25-17-21-20-15(12-4-5-12)22(17)13-6-7-13/h8-13H,4-7H2,1-3H3,(H,19,24). The summed E-state index contributed by atoms with van der Waals surface area (Å²) in [5, 5.41) is 16.7. The van der Waals surface area contributed by atoms with Crippen LogP contribution in [0.25, 0.3) is 0 Å². The topological polar surface area (TPSA) is 77.6 Å². The number of thioether (sulfide) groups is 1. The third kappa shape index (κ3) is 3.44. The van der Waals surface area contributed by atoms with E-state index >= 15 is 0 Å². The number of carbonyl (C=O) groups excluding carboxylic acids is 1. The number of anilines is 1. The van der Waals surface area contributed by atoms with Gasteiger partial charge in [-0.3, -0.25) is 4.79 Å². The molecular weight excluding hydrogens is 336 g/mol. The van der Waals surface area contributed by atoms with E-state index < -0.39 is 0 Å².